The van der Waals surface area contributed by atoms with Gasteiger partial charge in [0.2, 0.25) is 0 Å². The summed E-state index contributed by atoms with van der Waals surface area (Å²) < 4.78 is 7.01. The molecule has 0 aliphatic heterocycles. The maximum atomic E-state index is 12.5. The van der Waals surface area contributed by atoms with Crippen LogP contribution in [0.1, 0.15) is 25.8 Å². The minimum Gasteiger partial charge on any atom is -0.497 e. The van der Waals surface area contributed by atoms with E-state index >= 15 is 0 Å². The van der Waals surface area contributed by atoms with E-state index in [1.54, 1.807) is 11.8 Å². The highest BCUT2D eigenvalue weighted by atomic mass is 16.5. The van der Waals surface area contributed by atoms with Gasteiger partial charge in [0.1, 0.15) is 12.3 Å². The summed E-state index contributed by atoms with van der Waals surface area (Å²) in [6.07, 6.45) is 1.11. The van der Waals surface area contributed by atoms with Crippen molar-refractivity contribution in [1.29, 1.82) is 0 Å². The Morgan fingerprint density at radius 2 is 1.90 bits per heavy atom. The summed E-state index contributed by atoms with van der Waals surface area (Å²) in [5.74, 6) is 2.34. The average Bonchev–Trinajstić information content (AvgIpc) is 3.12. The number of benzene rings is 2. The monoisotopic (exact) mass is 393 g/mol. The third kappa shape index (κ3) is 5.29. The summed E-state index contributed by atoms with van der Waals surface area (Å²) in [6.45, 7) is 4.35. The number of ether oxygens (including phenoxy) is 1. The number of rotatable bonds is 9. The Morgan fingerprint density at radius 1 is 1.14 bits per heavy atom. The minimum atomic E-state index is 0.115. The van der Waals surface area contributed by atoms with Crippen molar-refractivity contribution < 1.29 is 14.6 Å². The van der Waals surface area contributed by atoms with Gasteiger partial charge in [-0.2, -0.15) is 0 Å². The maximum absolute atomic E-state index is 12.5. The van der Waals surface area contributed by atoms with Crippen molar-refractivity contribution in [3.8, 4) is 28.5 Å². The van der Waals surface area contributed by atoms with Gasteiger partial charge in [0.25, 0.3) is 0 Å². The average molecular weight is 393 g/mol. The molecule has 6 nitrogen and oxygen atoms in total. The Labute approximate surface area is 171 Å². The van der Waals surface area contributed by atoms with Crippen molar-refractivity contribution in [2.24, 2.45) is 5.92 Å². The lowest BCUT2D eigenvalue weighted by atomic mass is 10.1. The quantitative estimate of drug-likeness (QED) is 0.599. The highest BCUT2D eigenvalue weighted by molar-refractivity contribution is 5.79. The summed E-state index contributed by atoms with van der Waals surface area (Å²) in [4.78, 5) is 17.2. The van der Waals surface area contributed by atoms with E-state index in [0.717, 1.165) is 22.4 Å². The van der Waals surface area contributed by atoms with Crippen molar-refractivity contribution in [2.45, 2.75) is 33.2 Å². The number of aromatic nitrogens is 3. The second-order valence-corrected chi connectivity index (χ2v) is 7.46. The van der Waals surface area contributed by atoms with Crippen molar-refractivity contribution in [1.82, 2.24) is 14.8 Å². The first-order chi connectivity index (χ1) is 14.0. The van der Waals surface area contributed by atoms with Gasteiger partial charge in [0.15, 0.2) is 17.4 Å². The van der Waals surface area contributed by atoms with Gasteiger partial charge in [-0.3, -0.25) is 4.79 Å². The molecule has 0 atom stereocenters. The molecule has 0 bridgehead atoms. The molecule has 0 radical (unpaired) electrons. The summed E-state index contributed by atoms with van der Waals surface area (Å²) in [6, 6.07) is 15.4. The number of Topliss-reactive ketones (excluding diaryl/α,β-unsaturated/α-hetero) is 1. The largest absolute Gasteiger partial charge is 0.497 e. The van der Waals surface area contributed by atoms with E-state index in [1.807, 2.05) is 62.4 Å². The number of ketones is 1. The van der Waals surface area contributed by atoms with E-state index in [2.05, 4.69) is 5.10 Å². The van der Waals surface area contributed by atoms with Crippen LogP contribution in [0.2, 0.25) is 0 Å². The number of carbonyl (C=O) groups excluding carboxylic acids is 1. The van der Waals surface area contributed by atoms with Crippen LogP contribution in [-0.2, 0) is 17.8 Å². The van der Waals surface area contributed by atoms with E-state index in [4.69, 9.17) is 14.8 Å². The molecule has 6 heteroatoms. The van der Waals surface area contributed by atoms with Gasteiger partial charge in [-0.25, -0.2) is 9.67 Å². The van der Waals surface area contributed by atoms with Crippen LogP contribution in [0, 0.1) is 5.92 Å². The van der Waals surface area contributed by atoms with Gasteiger partial charge in [0.05, 0.1) is 7.11 Å². The smallest absolute Gasteiger partial charge is 0.181 e. The molecule has 29 heavy (non-hydrogen) atoms. The topological polar surface area (TPSA) is 77.2 Å². The molecule has 2 aromatic carbocycles. The second kappa shape index (κ2) is 9.47. The number of carbonyl (C=O) groups is 1. The predicted molar refractivity (Wildman–Crippen MR) is 113 cm³/mol. The first-order valence-corrected chi connectivity index (χ1v) is 9.81. The normalized spacial score (nSPS) is 11.1. The summed E-state index contributed by atoms with van der Waals surface area (Å²) in [5.41, 5.74) is 2.76. The molecule has 0 unspecified atom stereocenters. The number of methoxy groups -OCH3 is 1. The zero-order chi connectivity index (χ0) is 20.8. The summed E-state index contributed by atoms with van der Waals surface area (Å²) in [5, 5.41) is 13.7. The summed E-state index contributed by atoms with van der Waals surface area (Å²) >= 11 is 0. The molecule has 0 aliphatic rings. The van der Waals surface area contributed by atoms with Crippen molar-refractivity contribution >= 4 is 5.78 Å². The maximum Gasteiger partial charge on any atom is 0.181 e. The van der Waals surface area contributed by atoms with E-state index in [1.165, 1.54) is 0 Å². The van der Waals surface area contributed by atoms with Crippen LogP contribution in [0.15, 0.2) is 48.5 Å². The number of aliphatic hydroxyl groups is 1. The number of nitrogens with zero attached hydrogens (tertiary/aromatic N) is 3. The third-order valence-corrected chi connectivity index (χ3v) is 4.57. The van der Waals surface area contributed by atoms with Crippen LogP contribution in [0.4, 0.5) is 0 Å². The van der Waals surface area contributed by atoms with Crippen LogP contribution in [0.25, 0.3) is 22.8 Å². The lowest BCUT2D eigenvalue weighted by molar-refractivity contribution is -0.120. The molecule has 3 rings (SSSR count). The van der Waals surface area contributed by atoms with E-state index in [9.17, 15) is 4.79 Å². The molecule has 3 aromatic rings. The van der Waals surface area contributed by atoms with Crippen molar-refractivity contribution in [3.63, 3.8) is 0 Å². The Morgan fingerprint density at radius 3 is 2.55 bits per heavy atom. The third-order valence-electron chi connectivity index (χ3n) is 4.57. The van der Waals surface area contributed by atoms with Crippen LogP contribution < -0.4 is 4.74 Å². The fraction of sp³-hybridized carbons (Fsp3) is 0.348. The van der Waals surface area contributed by atoms with E-state index in [-0.39, 0.29) is 18.9 Å². The molecule has 1 aromatic heterocycles. The molecule has 0 fully saturated rings. The molecular formula is C23H27N3O3. The number of hydrogen-bond donors (Lipinski definition) is 1. The van der Waals surface area contributed by atoms with Gasteiger partial charge >= 0.3 is 0 Å². The Kier molecular flexibility index (Phi) is 6.77. The predicted octanol–water partition coefficient (Wildman–Crippen LogP) is 3.77. The molecule has 0 spiro atoms. The fourth-order valence-electron chi connectivity index (χ4n) is 3.19. The van der Waals surface area contributed by atoms with E-state index < -0.39 is 0 Å². The molecule has 0 amide bonds. The van der Waals surface area contributed by atoms with Gasteiger partial charge in [-0.1, -0.05) is 50.2 Å². The molecule has 0 saturated heterocycles. The Bertz CT molecular complexity index is 962. The first-order valence-electron chi connectivity index (χ1n) is 9.81. The zero-order valence-corrected chi connectivity index (χ0v) is 17.1. The van der Waals surface area contributed by atoms with Gasteiger partial charge < -0.3 is 9.84 Å². The lowest BCUT2D eigenvalue weighted by Crippen LogP contribution is -2.14. The van der Waals surface area contributed by atoms with Crippen LogP contribution in [0.5, 0.6) is 5.75 Å². The minimum absolute atomic E-state index is 0.115. The lowest BCUT2D eigenvalue weighted by Gasteiger charge is -2.08. The SMILES string of the molecule is COc1cccc(-c2nc(-c3ccc(CCO)cc3)nn2CC(=O)CC(C)C)c1. The van der Waals surface area contributed by atoms with Gasteiger partial charge in [-0.05, 0) is 30.0 Å². The second-order valence-electron chi connectivity index (χ2n) is 7.46. The molecule has 152 valence electrons. The number of aliphatic hydroxyl groups excluding tert-OH is 1. The standard InChI is InChI=1S/C23H27N3O3/c1-16(2)13-20(28)15-26-23(19-5-4-6-21(14-19)29-3)24-22(25-26)18-9-7-17(8-10-18)11-12-27/h4-10,14,16,27H,11-13,15H2,1-3H3. The van der Waals surface area contributed by atoms with Crippen molar-refractivity contribution in [2.75, 3.05) is 13.7 Å². The summed E-state index contributed by atoms with van der Waals surface area (Å²) in [7, 11) is 1.62. The highest BCUT2D eigenvalue weighted by Gasteiger charge is 2.17. The highest BCUT2D eigenvalue weighted by Crippen LogP contribution is 2.26. The molecule has 1 heterocycles. The van der Waals surface area contributed by atoms with Crippen LogP contribution in [-0.4, -0.2) is 39.4 Å². The van der Waals surface area contributed by atoms with Gasteiger partial charge in [-0.15, -0.1) is 5.10 Å². The van der Waals surface area contributed by atoms with E-state index in [0.29, 0.717) is 30.4 Å². The zero-order valence-electron chi connectivity index (χ0n) is 17.1. The van der Waals surface area contributed by atoms with Gasteiger partial charge in [0, 0.05) is 24.2 Å². The molecular weight excluding hydrogens is 366 g/mol. The fourth-order valence-corrected chi connectivity index (χ4v) is 3.19. The Balaban J connectivity index is 1.99. The number of hydrogen-bond acceptors (Lipinski definition) is 5. The van der Waals surface area contributed by atoms with Crippen LogP contribution >= 0.6 is 0 Å². The van der Waals surface area contributed by atoms with Crippen molar-refractivity contribution in [3.05, 3.63) is 54.1 Å². The Hall–Kier alpha value is -2.99. The van der Waals surface area contributed by atoms with Crippen LogP contribution in [0.3, 0.4) is 0 Å². The molecule has 0 saturated carbocycles. The molecule has 0 aliphatic carbocycles. The molecule has 1 N–H and O–H groups in total. The first kappa shape index (κ1) is 20.7.